The molecule has 1 N–H and O–H groups in total. The van der Waals surface area contributed by atoms with Crippen molar-refractivity contribution >= 4 is 10.4 Å². The van der Waals surface area contributed by atoms with Crippen LogP contribution in [0, 0.1) is 11.6 Å². The summed E-state index contributed by atoms with van der Waals surface area (Å²) in [4.78, 5) is 0. The van der Waals surface area contributed by atoms with Crippen LogP contribution in [0.3, 0.4) is 0 Å². The minimum absolute atomic E-state index is 0.795. The predicted octanol–water partition coefficient (Wildman–Crippen LogP) is 1.15. The van der Waals surface area contributed by atoms with Crippen molar-refractivity contribution in [1.82, 2.24) is 0 Å². The highest BCUT2D eigenvalue weighted by atomic mass is 32.3. The Kier molecular flexibility index (Phi) is 2.48. The first-order chi connectivity index (χ1) is 5.90. The van der Waals surface area contributed by atoms with Gasteiger partial charge < -0.3 is 4.18 Å². The minimum Gasteiger partial charge on any atom is -0.355 e. The van der Waals surface area contributed by atoms with Gasteiger partial charge in [0.2, 0.25) is 5.75 Å². The molecule has 1 rings (SSSR count). The predicted molar refractivity (Wildman–Crippen MR) is 38.5 cm³/mol. The maximum absolute atomic E-state index is 12.6. The van der Waals surface area contributed by atoms with Gasteiger partial charge in [-0.2, -0.15) is 8.42 Å². The summed E-state index contributed by atoms with van der Waals surface area (Å²) in [7, 11) is -4.90. The molecule has 0 radical (unpaired) electrons. The number of hydrogen-bond donors (Lipinski definition) is 1. The SMILES string of the molecule is O=S(=O)(O)Oc1c(F)cccc1F. The lowest BCUT2D eigenvalue weighted by Gasteiger charge is -2.02. The van der Waals surface area contributed by atoms with Crippen LogP contribution >= 0.6 is 0 Å². The fourth-order valence-corrected chi connectivity index (χ4v) is 1.04. The summed E-state index contributed by atoms with van der Waals surface area (Å²) in [5.74, 6) is -3.57. The molecule has 1 aromatic carbocycles. The topological polar surface area (TPSA) is 63.6 Å². The van der Waals surface area contributed by atoms with Crippen molar-refractivity contribution in [2.75, 3.05) is 0 Å². The van der Waals surface area contributed by atoms with Crippen LogP contribution in [0.5, 0.6) is 5.75 Å². The van der Waals surface area contributed by atoms with Crippen LogP contribution < -0.4 is 4.18 Å². The van der Waals surface area contributed by atoms with E-state index in [0.717, 1.165) is 18.2 Å². The molecular weight excluding hydrogens is 206 g/mol. The largest absolute Gasteiger partial charge is 0.446 e. The second-order valence-corrected chi connectivity index (χ2v) is 3.08. The molecule has 1 aromatic rings. The van der Waals surface area contributed by atoms with Gasteiger partial charge in [-0.25, -0.2) is 8.78 Å². The second-order valence-electron chi connectivity index (χ2n) is 2.06. The Balaban J connectivity index is 3.15. The number of benzene rings is 1. The van der Waals surface area contributed by atoms with Gasteiger partial charge in [0, 0.05) is 0 Å². The van der Waals surface area contributed by atoms with Crippen molar-refractivity contribution in [3.8, 4) is 5.75 Å². The van der Waals surface area contributed by atoms with Crippen molar-refractivity contribution in [3.05, 3.63) is 29.8 Å². The molecule has 0 heterocycles. The fraction of sp³-hybridized carbons (Fsp3) is 0. The van der Waals surface area contributed by atoms with E-state index in [2.05, 4.69) is 4.18 Å². The monoisotopic (exact) mass is 210 g/mol. The Morgan fingerprint density at radius 1 is 1.23 bits per heavy atom. The minimum atomic E-state index is -4.90. The molecule has 0 bridgehead atoms. The van der Waals surface area contributed by atoms with Gasteiger partial charge in [-0.15, -0.1) is 0 Å². The van der Waals surface area contributed by atoms with Gasteiger partial charge in [0.1, 0.15) is 0 Å². The zero-order chi connectivity index (χ0) is 10.1. The summed E-state index contributed by atoms with van der Waals surface area (Å²) in [6, 6.07) is 2.62. The molecule has 0 saturated heterocycles. The van der Waals surface area contributed by atoms with Crippen LogP contribution in [0.1, 0.15) is 0 Å². The number of para-hydroxylation sites is 1. The number of rotatable bonds is 2. The third-order valence-corrected chi connectivity index (χ3v) is 1.48. The van der Waals surface area contributed by atoms with Crippen molar-refractivity contribution in [1.29, 1.82) is 0 Å². The molecule has 0 unspecified atom stereocenters. The molecule has 0 spiro atoms. The van der Waals surface area contributed by atoms with E-state index in [4.69, 9.17) is 4.55 Å². The quantitative estimate of drug-likeness (QED) is 0.743. The van der Waals surface area contributed by atoms with Crippen molar-refractivity contribution < 1.29 is 25.9 Å². The number of hydrogen-bond acceptors (Lipinski definition) is 3. The van der Waals surface area contributed by atoms with Crippen LogP contribution in [-0.4, -0.2) is 13.0 Å². The second kappa shape index (κ2) is 3.27. The van der Waals surface area contributed by atoms with E-state index in [9.17, 15) is 17.2 Å². The van der Waals surface area contributed by atoms with Crippen molar-refractivity contribution in [2.24, 2.45) is 0 Å². The first kappa shape index (κ1) is 9.87. The van der Waals surface area contributed by atoms with Gasteiger partial charge in [-0.3, -0.25) is 4.55 Å². The van der Waals surface area contributed by atoms with Crippen LogP contribution in [0.25, 0.3) is 0 Å². The zero-order valence-corrected chi connectivity index (χ0v) is 6.88. The molecule has 0 aliphatic heterocycles. The first-order valence-corrected chi connectivity index (χ1v) is 4.37. The average molecular weight is 210 g/mol. The molecule has 0 amide bonds. The Labute approximate surface area is 72.7 Å². The molecule has 4 nitrogen and oxygen atoms in total. The number of halogens is 2. The third kappa shape index (κ3) is 2.63. The lowest BCUT2D eigenvalue weighted by molar-refractivity contribution is 0.364. The third-order valence-electron chi connectivity index (χ3n) is 1.11. The summed E-state index contributed by atoms with van der Waals surface area (Å²) in [6.07, 6.45) is 0. The van der Waals surface area contributed by atoms with E-state index in [1.165, 1.54) is 0 Å². The molecule has 13 heavy (non-hydrogen) atoms. The Bertz CT molecular complexity index is 394. The van der Waals surface area contributed by atoms with Gasteiger partial charge in [0.15, 0.2) is 11.6 Å². The van der Waals surface area contributed by atoms with Crippen LogP contribution in [-0.2, 0) is 10.4 Å². The molecule has 0 aliphatic carbocycles. The van der Waals surface area contributed by atoms with Crippen LogP contribution in [0.15, 0.2) is 18.2 Å². The zero-order valence-electron chi connectivity index (χ0n) is 6.07. The highest BCUT2D eigenvalue weighted by Crippen LogP contribution is 2.21. The summed E-state index contributed by atoms with van der Waals surface area (Å²) in [5, 5.41) is 0. The van der Waals surface area contributed by atoms with Gasteiger partial charge in [-0.1, -0.05) is 6.07 Å². The smallest absolute Gasteiger partial charge is 0.355 e. The molecule has 72 valence electrons. The van der Waals surface area contributed by atoms with Crippen molar-refractivity contribution in [2.45, 2.75) is 0 Å². The lowest BCUT2D eigenvalue weighted by Crippen LogP contribution is -2.09. The highest BCUT2D eigenvalue weighted by Gasteiger charge is 2.16. The fourth-order valence-electron chi connectivity index (χ4n) is 0.667. The van der Waals surface area contributed by atoms with E-state index in [-0.39, 0.29) is 0 Å². The summed E-state index contributed by atoms with van der Waals surface area (Å²) < 4.78 is 57.3. The van der Waals surface area contributed by atoms with E-state index in [1.54, 1.807) is 0 Å². The Morgan fingerprint density at radius 2 is 1.69 bits per heavy atom. The Morgan fingerprint density at radius 3 is 2.08 bits per heavy atom. The summed E-state index contributed by atoms with van der Waals surface area (Å²) in [5.41, 5.74) is 0. The molecule has 0 fully saturated rings. The normalized spacial score (nSPS) is 11.3. The van der Waals surface area contributed by atoms with Crippen LogP contribution in [0.2, 0.25) is 0 Å². The molecule has 0 saturated carbocycles. The average Bonchev–Trinajstić information content (AvgIpc) is 1.95. The van der Waals surface area contributed by atoms with Gasteiger partial charge in [-0.05, 0) is 12.1 Å². The molecule has 0 aromatic heterocycles. The lowest BCUT2D eigenvalue weighted by atomic mass is 10.3. The standard InChI is InChI=1S/C6H4F2O4S/c7-4-2-1-3-5(8)6(4)12-13(9,10)11/h1-3H,(H,9,10,11). The Hall–Kier alpha value is -1.21. The summed E-state index contributed by atoms with van der Waals surface area (Å²) >= 11 is 0. The maximum atomic E-state index is 12.6. The van der Waals surface area contributed by atoms with Gasteiger partial charge in [0.05, 0.1) is 0 Å². The van der Waals surface area contributed by atoms with E-state index < -0.39 is 27.8 Å². The summed E-state index contributed by atoms with van der Waals surface area (Å²) in [6.45, 7) is 0. The molecule has 7 heteroatoms. The van der Waals surface area contributed by atoms with E-state index in [1.807, 2.05) is 0 Å². The molecular formula is C6H4F2O4S. The highest BCUT2D eigenvalue weighted by molar-refractivity contribution is 7.81. The van der Waals surface area contributed by atoms with Crippen molar-refractivity contribution in [3.63, 3.8) is 0 Å². The van der Waals surface area contributed by atoms with Crippen LogP contribution in [0.4, 0.5) is 8.78 Å². The first-order valence-electron chi connectivity index (χ1n) is 3.01. The van der Waals surface area contributed by atoms with Gasteiger partial charge in [0.25, 0.3) is 0 Å². The van der Waals surface area contributed by atoms with Gasteiger partial charge >= 0.3 is 10.4 Å². The molecule has 0 atom stereocenters. The van der Waals surface area contributed by atoms with E-state index in [0.29, 0.717) is 0 Å². The van der Waals surface area contributed by atoms with E-state index >= 15 is 0 Å². The molecule has 0 aliphatic rings. The maximum Gasteiger partial charge on any atom is 0.446 e.